The maximum Gasteiger partial charge on any atom is 0.115 e. The second-order valence-electron chi connectivity index (χ2n) is 11.3. The lowest BCUT2D eigenvalue weighted by Gasteiger charge is -2.37. The fourth-order valence-electron chi connectivity index (χ4n) is 4.84. The Morgan fingerprint density at radius 1 is 0.382 bits per heavy atom. The van der Waals surface area contributed by atoms with E-state index in [0.29, 0.717) is 0 Å². The summed E-state index contributed by atoms with van der Waals surface area (Å²) in [6.07, 6.45) is 0. The minimum absolute atomic E-state index is 0.0842. The standard InChI is InChI=1S/C33H36O/c1-31(2,3)24-12-16-27(17-13-24)33(26-10-8-7-9-11-26,29-20-22-30(34)23-21-29)28-18-14-25(15-19-28)32(4,5)6/h7-23,34H,1-6H3. The van der Waals surface area contributed by atoms with Gasteiger partial charge < -0.3 is 5.11 Å². The van der Waals surface area contributed by atoms with Crippen LogP contribution in [0.3, 0.4) is 0 Å². The second-order valence-corrected chi connectivity index (χ2v) is 11.3. The van der Waals surface area contributed by atoms with Crippen molar-refractivity contribution < 1.29 is 5.11 Å². The molecule has 4 aromatic carbocycles. The summed E-state index contributed by atoms with van der Waals surface area (Å²) >= 11 is 0. The molecule has 0 aliphatic rings. The van der Waals surface area contributed by atoms with Crippen molar-refractivity contribution in [1.29, 1.82) is 0 Å². The van der Waals surface area contributed by atoms with Crippen molar-refractivity contribution in [1.82, 2.24) is 0 Å². The van der Waals surface area contributed by atoms with Crippen molar-refractivity contribution >= 4 is 0 Å². The molecule has 0 heterocycles. The Balaban J connectivity index is 2.05. The highest BCUT2D eigenvalue weighted by Gasteiger charge is 2.38. The zero-order chi connectivity index (χ0) is 24.6. The summed E-state index contributed by atoms with van der Waals surface area (Å²) in [6, 6.07) is 36.5. The van der Waals surface area contributed by atoms with Crippen LogP contribution in [0, 0.1) is 0 Å². The van der Waals surface area contributed by atoms with Crippen LogP contribution in [0.25, 0.3) is 0 Å². The minimum Gasteiger partial charge on any atom is -0.508 e. The molecular formula is C33H36O. The van der Waals surface area contributed by atoms with Crippen molar-refractivity contribution in [2.24, 2.45) is 0 Å². The van der Waals surface area contributed by atoms with Gasteiger partial charge in [0.05, 0.1) is 5.41 Å². The Bertz CT molecular complexity index is 1160. The maximum absolute atomic E-state index is 10.1. The molecule has 0 fully saturated rings. The lowest BCUT2D eigenvalue weighted by Crippen LogP contribution is -2.31. The third-order valence-electron chi connectivity index (χ3n) is 6.87. The molecule has 4 aromatic rings. The van der Waals surface area contributed by atoms with Gasteiger partial charge in [-0.05, 0) is 56.3 Å². The van der Waals surface area contributed by atoms with E-state index in [9.17, 15) is 5.11 Å². The number of benzene rings is 4. The maximum atomic E-state index is 10.1. The van der Waals surface area contributed by atoms with Gasteiger partial charge in [0.1, 0.15) is 5.75 Å². The zero-order valence-corrected chi connectivity index (χ0v) is 21.3. The highest BCUT2D eigenvalue weighted by atomic mass is 16.3. The van der Waals surface area contributed by atoms with Crippen LogP contribution < -0.4 is 0 Å². The van der Waals surface area contributed by atoms with Crippen LogP contribution in [-0.2, 0) is 16.2 Å². The molecule has 1 N–H and O–H groups in total. The predicted octanol–water partition coefficient (Wildman–Crippen LogP) is 8.37. The van der Waals surface area contributed by atoms with Gasteiger partial charge >= 0.3 is 0 Å². The van der Waals surface area contributed by atoms with Gasteiger partial charge in [-0.3, -0.25) is 0 Å². The van der Waals surface area contributed by atoms with Crippen LogP contribution in [0.5, 0.6) is 5.75 Å². The Hall–Kier alpha value is -3.32. The average Bonchev–Trinajstić information content (AvgIpc) is 2.81. The molecular weight excluding hydrogens is 412 g/mol. The fraction of sp³-hybridized carbons (Fsp3) is 0.273. The molecule has 1 nitrogen and oxygen atoms in total. The van der Waals surface area contributed by atoms with Crippen molar-refractivity contribution in [3.63, 3.8) is 0 Å². The van der Waals surface area contributed by atoms with Gasteiger partial charge in [0.25, 0.3) is 0 Å². The summed E-state index contributed by atoms with van der Waals surface area (Å²) in [5, 5.41) is 10.1. The quantitative estimate of drug-likeness (QED) is 0.311. The summed E-state index contributed by atoms with van der Waals surface area (Å²) in [7, 11) is 0. The molecule has 0 aliphatic carbocycles. The monoisotopic (exact) mass is 448 g/mol. The first-order valence-electron chi connectivity index (χ1n) is 12.1. The molecule has 174 valence electrons. The van der Waals surface area contributed by atoms with E-state index >= 15 is 0 Å². The third kappa shape index (κ3) is 4.40. The predicted molar refractivity (Wildman–Crippen MR) is 144 cm³/mol. The van der Waals surface area contributed by atoms with E-state index < -0.39 is 5.41 Å². The van der Waals surface area contributed by atoms with Gasteiger partial charge in [0.2, 0.25) is 0 Å². The van der Waals surface area contributed by atoms with Crippen LogP contribution in [0.4, 0.5) is 0 Å². The van der Waals surface area contributed by atoms with E-state index in [2.05, 4.69) is 133 Å². The Morgan fingerprint density at radius 2 is 0.676 bits per heavy atom. The van der Waals surface area contributed by atoms with Gasteiger partial charge in [-0.1, -0.05) is 133 Å². The smallest absolute Gasteiger partial charge is 0.115 e. The zero-order valence-electron chi connectivity index (χ0n) is 21.3. The number of hydrogen-bond acceptors (Lipinski definition) is 1. The molecule has 0 amide bonds. The van der Waals surface area contributed by atoms with Gasteiger partial charge in [-0.15, -0.1) is 0 Å². The Morgan fingerprint density at radius 3 is 1.03 bits per heavy atom. The fourth-order valence-corrected chi connectivity index (χ4v) is 4.84. The molecule has 0 aromatic heterocycles. The number of hydrogen-bond donors (Lipinski definition) is 1. The third-order valence-corrected chi connectivity index (χ3v) is 6.87. The van der Waals surface area contributed by atoms with Gasteiger partial charge in [0, 0.05) is 0 Å². The average molecular weight is 449 g/mol. The SMILES string of the molecule is CC(C)(C)c1ccc(C(c2ccccc2)(c2ccc(O)cc2)c2ccc(C(C)(C)C)cc2)cc1. The molecule has 0 aliphatic heterocycles. The summed E-state index contributed by atoms with van der Waals surface area (Å²) in [5.41, 5.74) is 7.03. The Kier molecular flexibility index (Phi) is 6.16. The molecule has 1 heteroatoms. The number of phenolic OH excluding ortho intramolecular Hbond substituents is 1. The van der Waals surface area contributed by atoms with E-state index in [1.165, 1.54) is 27.8 Å². The number of rotatable bonds is 4. The first-order valence-corrected chi connectivity index (χ1v) is 12.1. The van der Waals surface area contributed by atoms with Gasteiger partial charge in [0.15, 0.2) is 0 Å². The molecule has 0 saturated carbocycles. The summed E-state index contributed by atoms with van der Waals surface area (Å²) in [4.78, 5) is 0. The minimum atomic E-state index is -0.512. The van der Waals surface area contributed by atoms with Crippen molar-refractivity contribution in [3.05, 3.63) is 137 Å². The molecule has 0 radical (unpaired) electrons. The van der Waals surface area contributed by atoms with E-state index in [1.54, 1.807) is 12.1 Å². The first kappa shape index (κ1) is 23.8. The van der Waals surface area contributed by atoms with E-state index in [4.69, 9.17) is 0 Å². The topological polar surface area (TPSA) is 20.2 Å². The van der Waals surface area contributed by atoms with Gasteiger partial charge in [-0.2, -0.15) is 0 Å². The molecule has 0 saturated heterocycles. The summed E-state index contributed by atoms with van der Waals surface area (Å²) in [6.45, 7) is 13.5. The van der Waals surface area contributed by atoms with Gasteiger partial charge in [-0.25, -0.2) is 0 Å². The van der Waals surface area contributed by atoms with Crippen LogP contribution in [-0.4, -0.2) is 5.11 Å². The lowest BCUT2D eigenvalue weighted by molar-refractivity contribution is 0.474. The largest absolute Gasteiger partial charge is 0.508 e. The number of phenols is 1. The highest BCUT2D eigenvalue weighted by Crippen LogP contribution is 2.46. The van der Waals surface area contributed by atoms with Crippen LogP contribution in [0.15, 0.2) is 103 Å². The second kappa shape index (κ2) is 8.80. The molecule has 0 spiro atoms. The van der Waals surface area contributed by atoms with E-state index in [1.807, 2.05) is 0 Å². The molecule has 34 heavy (non-hydrogen) atoms. The number of aromatic hydroxyl groups is 1. The first-order chi connectivity index (χ1) is 16.0. The molecule has 0 unspecified atom stereocenters. The van der Waals surface area contributed by atoms with E-state index in [-0.39, 0.29) is 16.6 Å². The van der Waals surface area contributed by atoms with Crippen molar-refractivity contribution in [2.45, 2.75) is 57.8 Å². The van der Waals surface area contributed by atoms with Crippen molar-refractivity contribution in [2.75, 3.05) is 0 Å². The van der Waals surface area contributed by atoms with Crippen LogP contribution in [0.2, 0.25) is 0 Å². The Labute approximate surface area is 205 Å². The summed E-state index contributed by atoms with van der Waals surface area (Å²) in [5.74, 6) is 0.275. The molecule has 0 bridgehead atoms. The lowest BCUT2D eigenvalue weighted by atomic mass is 9.64. The van der Waals surface area contributed by atoms with E-state index in [0.717, 1.165) is 5.56 Å². The summed E-state index contributed by atoms with van der Waals surface area (Å²) < 4.78 is 0. The van der Waals surface area contributed by atoms with Crippen LogP contribution in [0.1, 0.15) is 74.9 Å². The van der Waals surface area contributed by atoms with Crippen molar-refractivity contribution in [3.8, 4) is 5.75 Å². The normalized spacial score (nSPS) is 12.5. The highest BCUT2D eigenvalue weighted by molar-refractivity contribution is 5.60. The van der Waals surface area contributed by atoms with Crippen LogP contribution >= 0.6 is 0 Å². The molecule has 4 rings (SSSR count). The molecule has 0 atom stereocenters.